The Morgan fingerprint density at radius 1 is 1.29 bits per heavy atom. The van der Waals surface area contributed by atoms with Gasteiger partial charge in [0.1, 0.15) is 0 Å². The molecular weight excluding hydrogens is 270 g/mol. The SMILES string of the molecule is CC1Oc2c(cccc2C(=O)Nc2ccncc2)NC1=O. The molecule has 3 rings (SSSR count). The zero-order valence-electron chi connectivity index (χ0n) is 11.3. The lowest BCUT2D eigenvalue weighted by molar-refractivity contribution is -0.122. The monoisotopic (exact) mass is 283 g/mol. The standard InChI is InChI=1S/C15H13N3O3/c1-9-14(19)18-12-4-2-3-11(13(12)21-9)15(20)17-10-5-7-16-8-6-10/h2-9H,1H3,(H,18,19)(H,16,17,20). The minimum Gasteiger partial charge on any atom is -0.478 e. The summed E-state index contributed by atoms with van der Waals surface area (Å²) < 4.78 is 5.55. The summed E-state index contributed by atoms with van der Waals surface area (Å²) in [6, 6.07) is 8.43. The van der Waals surface area contributed by atoms with Crippen LogP contribution < -0.4 is 15.4 Å². The number of anilines is 2. The van der Waals surface area contributed by atoms with Crippen molar-refractivity contribution in [2.75, 3.05) is 10.6 Å². The number of para-hydroxylation sites is 1. The first kappa shape index (κ1) is 13.1. The first-order valence-corrected chi connectivity index (χ1v) is 6.47. The number of nitrogens with one attached hydrogen (secondary N) is 2. The highest BCUT2D eigenvalue weighted by Crippen LogP contribution is 2.33. The van der Waals surface area contributed by atoms with E-state index in [-0.39, 0.29) is 11.8 Å². The van der Waals surface area contributed by atoms with Crippen LogP contribution in [0.2, 0.25) is 0 Å². The summed E-state index contributed by atoms with van der Waals surface area (Å²) in [6.45, 7) is 1.63. The van der Waals surface area contributed by atoms with Crippen LogP contribution in [0.1, 0.15) is 17.3 Å². The van der Waals surface area contributed by atoms with Crippen LogP contribution in [0, 0.1) is 0 Å². The molecular formula is C15H13N3O3. The maximum absolute atomic E-state index is 12.4. The Morgan fingerprint density at radius 3 is 2.81 bits per heavy atom. The Bertz CT molecular complexity index is 701. The highest BCUT2D eigenvalue weighted by molar-refractivity contribution is 6.09. The number of aromatic nitrogens is 1. The molecule has 6 nitrogen and oxygen atoms in total. The van der Waals surface area contributed by atoms with Crippen molar-refractivity contribution in [3.05, 3.63) is 48.3 Å². The summed E-state index contributed by atoms with van der Waals surface area (Å²) in [5, 5.41) is 5.48. The molecule has 0 saturated carbocycles. The van der Waals surface area contributed by atoms with Crippen molar-refractivity contribution in [1.82, 2.24) is 4.98 Å². The topological polar surface area (TPSA) is 80.3 Å². The van der Waals surface area contributed by atoms with Gasteiger partial charge in [0.25, 0.3) is 11.8 Å². The summed E-state index contributed by atoms with van der Waals surface area (Å²) in [5.41, 5.74) is 1.51. The van der Waals surface area contributed by atoms with E-state index in [0.29, 0.717) is 22.7 Å². The van der Waals surface area contributed by atoms with E-state index in [1.54, 1.807) is 49.6 Å². The lowest BCUT2D eigenvalue weighted by atomic mass is 10.1. The van der Waals surface area contributed by atoms with E-state index in [1.165, 1.54) is 0 Å². The van der Waals surface area contributed by atoms with Crippen molar-refractivity contribution in [3.8, 4) is 5.75 Å². The minimum absolute atomic E-state index is 0.228. The molecule has 0 fully saturated rings. The molecule has 1 aliphatic heterocycles. The van der Waals surface area contributed by atoms with Gasteiger partial charge in [0.2, 0.25) is 0 Å². The number of ether oxygens (including phenoxy) is 1. The second-order valence-corrected chi connectivity index (χ2v) is 4.62. The van der Waals surface area contributed by atoms with Gasteiger partial charge in [-0.25, -0.2) is 0 Å². The summed E-state index contributed by atoms with van der Waals surface area (Å²) in [5.74, 6) is -0.147. The number of fused-ring (bicyclic) bond motifs is 1. The Balaban J connectivity index is 1.91. The largest absolute Gasteiger partial charge is 0.478 e. The number of rotatable bonds is 2. The third-order valence-corrected chi connectivity index (χ3v) is 3.12. The number of nitrogens with zero attached hydrogens (tertiary/aromatic N) is 1. The first-order valence-electron chi connectivity index (χ1n) is 6.47. The van der Waals surface area contributed by atoms with E-state index in [4.69, 9.17) is 4.74 Å². The third kappa shape index (κ3) is 2.55. The Kier molecular flexibility index (Phi) is 3.27. The van der Waals surface area contributed by atoms with Crippen LogP contribution in [0.25, 0.3) is 0 Å². The maximum atomic E-state index is 12.4. The highest BCUT2D eigenvalue weighted by Gasteiger charge is 2.27. The summed E-state index contributed by atoms with van der Waals surface area (Å²) in [6.07, 6.45) is 2.55. The van der Waals surface area contributed by atoms with Crippen LogP contribution in [-0.4, -0.2) is 22.9 Å². The molecule has 106 valence electrons. The minimum atomic E-state index is -0.632. The third-order valence-electron chi connectivity index (χ3n) is 3.12. The van der Waals surface area contributed by atoms with Crippen LogP contribution in [-0.2, 0) is 4.79 Å². The molecule has 6 heteroatoms. The van der Waals surface area contributed by atoms with Gasteiger partial charge < -0.3 is 15.4 Å². The molecule has 0 bridgehead atoms. The van der Waals surface area contributed by atoms with Gasteiger partial charge in [0, 0.05) is 18.1 Å². The van der Waals surface area contributed by atoms with E-state index < -0.39 is 6.10 Å². The van der Waals surface area contributed by atoms with E-state index in [1.807, 2.05) is 0 Å². The van der Waals surface area contributed by atoms with Gasteiger partial charge in [-0.2, -0.15) is 0 Å². The van der Waals surface area contributed by atoms with Crippen molar-refractivity contribution >= 4 is 23.2 Å². The molecule has 0 radical (unpaired) electrons. The molecule has 21 heavy (non-hydrogen) atoms. The Morgan fingerprint density at radius 2 is 2.05 bits per heavy atom. The van der Waals surface area contributed by atoms with Crippen LogP contribution >= 0.6 is 0 Å². The fourth-order valence-corrected chi connectivity index (χ4v) is 2.04. The molecule has 1 unspecified atom stereocenters. The fourth-order valence-electron chi connectivity index (χ4n) is 2.04. The molecule has 2 amide bonds. The van der Waals surface area contributed by atoms with E-state index in [2.05, 4.69) is 15.6 Å². The predicted octanol–water partition coefficient (Wildman–Crippen LogP) is 2.05. The lowest BCUT2D eigenvalue weighted by Gasteiger charge is -2.25. The van der Waals surface area contributed by atoms with Gasteiger partial charge in [-0.05, 0) is 31.2 Å². The number of amides is 2. The van der Waals surface area contributed by atoms with E-state index >= 15 is 0 Å². The number of carbonyl (C=O) groups excluding carboxylic acids is 2. The van der Waals surface area contributed by atoms with Gasteiger partial charge in [-0.3, -0.25) is 14.6 Å². The average Bonchev–Trinajstić information content (AvgIpc) is 2.49. The van der Waals surface area contributed by atoms with E-state index in [0.717, 1.165) is 0 Å². The Labute approximate surface area is 121 Å². The maximum Gasteiger partial charge on any atom is 0.265 e. The lowest BCUT2D eigenvalue weighted by Crippen LogP contribution is -2.35. The van der Waals surface area contributed by atoms with Gasteiger partial charge >= 0.3 is 0 Å². The van der Waals surface area contributed by atoms with Crippen LogP contribution in [0.3, 0.4) is 0 Å². The molecule has 1 aromatic carbocycles. The van der Waals surface area contributed by atoms with Crippen molar-refractivity contribution < 1.29 is 14.3 Å². The van der Waals surface area contributed by atoms with Crippen molar-refractivity contribution in [2.45, 2.75) is 13.0 Å². The smallest absolute Gasteiger partial charge is 0.265 e. The van der Waals surface area contributed by atoms with Crippen LogP contribution in [0.5, 0.6) is 5.75 Å². The summed E-state index contributed by atoms with van der Waals surface area (Å²) in [4.78, 5) is 27.8. The molecule has 1 aliphatic rings. The van der Waals surface area contributed by atoms with Gasteiger partial charge in [0.05, 0.1) is 11.3 Å². The number of pyridine rings is 1. The predicted molar refractivity (Wildman–Crippen MR) is 77.4 cm³/mol. The molecule has 0 spiro atoms. The van der Waals surface area contributed by atoms with Crippen LogP contribution in [0.4, 0.5) is 11.4 Å². The average molecular weight is 283 g/mol. The number of carbonyl (C=O) groups is 2. The number of hydrogen-bond acceptors (Lipinski definition) is 4. The second kappa shape index (κ2) is 5.24. The highest BCUT2D eigenvalue weighted by atomic mass is 16.5. The number of hydrogen-bond donors (Lipinski definition) is 2. The molecule has 0 aliphatic carbocycles. The molecule has 2 heterocycles. The summed E-state index contributed by atoms with van der Waals surface area (Å²) in [7, 11) is 0. The quantitative estimate of drug-likeness (QED) is 0.884. The van der Waals surface area contributed by atoms with Crippen molar-refractivity contribution in [2.24, 2.45) is 0 Å². The number of benzene rings is 1. The van der Waals surface area contributed by atoms with Gasteiger partial charge in [-0.1, -0.05) is 6.07 Å². The molecule has 2 N–H and O–H groups in total. The molecule has 1 aromatic heterocycles. The zero-order valence-corrected chi connectivity index (χ0v) is 11.3. The Hall–Kier alpha value is -2.89. The van der Waals surface area contributed by atoms with Crippen molar-refractivity contribution in [3.63, 3.8) is 0 Å². The van der Waals surface area contributed by atoms with Gasteiger partial charge in [-0.15, -0.1) is 0 Å². The fraction of sp³-hybridized carbons (Fsp3) is 0.133. The van der Waals surface area contributed by atoms with Crippen molar-refractivity contribution in [1.29, 1.82) is 0 Å². The van der Waals surface area contributed by atoms with E-state index in [9.17, 15) is 9.59 Å². The molecule has 2 aromatic rings. The van der Waals surface area contributed by atoms with Crippen LogP contribution in [0.15, 0.2) is 42.7 Å². The molecule has 1 atom stereocenters. The second-order valence-electron chi connectivity index (χ2n) is 4.62. The molecule has 0 saturated heterocycles. The first-order chi connectivity index (χ1) is 10.1. The summed E-state index contributed by atoms with van der Waals surface area (Å²) >= 11 is 0. The normalized spacial score (nSPS) is 16.4. The van der Waals surface area contributed by atoms with Gasteiger partial charge in [0.15, 0.2) is 11.9 Å². The zero-order chi connectivity index (χ0) is 14.8.